The largest absolute Gasteiger partial charge is 0.394 e. The van der Waals surface area contributed by atoms with Gasteiger partial charge in [-0.05, 0) is 43.6 Å². The summed E-state index contributed by atoms with van der Waals surface area (Å²) in [6.07, 6.45) is 7.81. The van der Waals surface area contributed by atoms with Gasteiger partial charge in [0, 0.05) is 19.6 Å². The second-order valence-corrected chi connectivity index (χ2v) is 6.96. The molecule has 0 unspecified atom stereocenters. The first-order chi connectivity index (χ1) is 9.67. The summed E-state index contributed by atoms with van der Waals surface area (Å²) in [6.45, 7) is 7.22. The van der Waals surface area contributed by atoms with Gasteiger partial charge in [-0.2, -0.15) is 0 Å². The van der Waals surface area contributed by atoms with Crippen molar-refractivity contribution in [2.45, 2.75) is 51.6 Å². The lowest BCUT2D eigenvalue weighted by Gasteiger charge is -2.43. The van der Waals surface area contributed by atoms with Gasteiger partial charge in [-0.15, -0.1) is 0 Å². The number of likely N-dealkylation sites (tertiary alicyclic amines) is 1. The van der Waals surface area contributed by atoms with Crippen LogP contribution in [0, 0.1) is 11.3 Å². The van der Waals surface area contributed by atoms with Gasteiger partial charge in [-0.3, -0.25) is 0 Å². The summed E-state index contributed by atoms with van der Waals surface area (Å²) in [7, 11) is 0. The number of aliphatic hydroxyl groups is 1. The third-order valence-corrected chi connectivity index (χ3v) is 5.31. The molecule has 3 N–H and O–H groups in total. The van der Waals surface area contributed by atoms with E-state index >= 15 is 0 Å². The summed E-state index contributed by atoms with van der Waals surface area (Å²) in [5.74, 6) is 0.882. The fourth-order valence-corrected chi connectivity index (χ4v) is 3.73. The van der Waals surface area contributed by atoms with E-state index in [2.05, 4.69) is 11.8 Å². The Kier molecular flexibility index (Phi) is 6.27. The van der Waals surface area contributed by atoms with Crippen LogP contribution in [0.15, 0.2) is 0 Å². The molecule has 1 heterocycles. The molecule has 0 bridgehead atoms. The van der Waals surface area contributed by atoms with Crippen LogP contribution in [0.1, 0.15) is 45.4 Å². The minimum atomic E-state index is 0.134. The van der Waals surface area contributed by atoms with Gasteiger partial charge in [0.05, 0.1) is 19.3 Å². The standard InChI is InChI=1S/C16H32N2O2/c1-14-2-6-16(12-17,7-3-14)13-18-8-4-15(5-9-18)20-11-10-19/h14-15,19H,2-13,17H2,1H3. The lowest BCUT2D eigenvalue weighted by Crippen LogP contribution is -2.48. The molecule has 1 aliphatic heterocycles. The fourth-order valence-electron chi connectivity index (χ4n) is 3.73. The van der Waals surface area contributed by atoms with Gasteiger partial charge in [0.25, 0.3) is 0 Å². The van der Waals surface area contributed by atoms with Crippen molar-refractivity contribution in [2.75, 3.05) is 39.4 Å². The highest BCUT2D eigenvalue weighted by atomic mass is 16.5. The van der Waals surface area contributed by atoms with Gasteiger partial charge in [0.2, 0.25) is 0 Å². The number of hydrogen-bond donors (Lipinski definition) is 2. The molecular weight excluding hydrogens is 252 g/mol. The molecule has 2 fully saturated rings. The highest BCUT2D eigenvalue weighted by molar-refractivity contribution is 4.89. The van der Waals surface area contributed by atoms with Crippen molar-refractivity contribution in [3.63, 3.8) is 0 Å². The van der Waals surface area contributed by atoms with Crippen molar-refractivity contribution in [1.82, 2.24) is 4.90 Å². The van der Waals surface area contributed by atoms with E-state index in [9.17, 15) is 0 Å². The number of nitrogens with zero attached hydrogens (tertiary/aromatic N) is 1. The second-order valence-electron chi connectivity index (χ2n) is 6.96. The van der Waals surface area contributed by atoms with Crippen LogP contribution in [0.4, 0.5) is 0 Å². The number of aliphatic hydroxyl groups excluding tert-OH is 1. The van der Waals surface area contributed by atoms with Crippen LogP contribution >= 0.6 is 0 Å². The van der Waals surface area contributed by atoms with Crippen molar-refractivity contribution in [3.05, 3.63) is 0 Å². The summed E-state index contributed by atoms with van der Waals surface area (Å²) < 4.78 is 5.63. The minimum absolute atomic E-state index is 0.134. The molecule has 2 rings (SSSR count). The molecule has 0 spiro atoms. The maximum absolute atomic E-state index is 8.80. The highest BCUT2D eigenvalue weighted by Gasteiger charge is 2.35. The van der Waals surface area contributed by atoms with Crippen LogP contribution in [0.25, 0.3) is 0 Å². The first-order valence-electron chi connectivity index (χ1n) is 8.32. The SMILES string of the molecule is CC1CCC(CN)(CN2CCC(OCCO)CC2)CC1. The fraction of sp³-hybridized carbons (Fsp3) is 1.00. The van der Waals surface area contributed by atoms with E-state index in [-0.39, 0.29) is 6.61 Å². The van der Waals surface area contributed by atoms with Gasteiger partial charge in [0.15, 0.2) is 0 Å². The zero-order valence-electron chi connectivity index (χ0n) is 13.0. The van der Waals surface area contributed by atoms with E-state index in [0.29, 0.717) is 18.1 Å². The van der Waals surface area contributed by atoms with Crippen molar-refractivity contribution < 1.29 is 9.84 Å². The van der Waals surface area contributed by atoms with Gasteiger partial charge in [0.1, 0.15) is 0 Å². The molecule has 118 valence electrons. The van der Waals surface area contributed by atoms with Crippen molar-refractivity contribution >= 4 is 0 Å². The van der Waals surface area contributed by atoms with Gasteiger partial charge in [-0.25, -0.2) is 0 Å². The molecule has 2 aliphatic rings. The van der Waals surface area contributed by atoms with E-state index in [4.69, 9.17) is 15.6 Å². The number of hydrogen-bond acceptors (Lipinski definition) is 4. The number of ether oxygens (including phenoxy) is 1. The van der Waals surface area contributed by atoms with Crippen LogP contribution in [-0.4, -0.2) is 55.5 Å². The van der Waals surface area contributed by atoms with E-state index < -0.39 is 0 Å². The third-order valence-electron chi connectivity index (χ3n) is 5.31. The lowest BCUT2D eigenvalue weighted by atomic mass is 9.70. The Morgan fingerprint density at radius 2 is 1.85 bits per heavy atom. The van der Waals surface area contributed by atoms with Crippen molar-refractivity contribution in [1.29, 1.82) is 0 Å². The Hall–Kier alpha value is -0.160. The molecule has 0 radical (unpaired) electrons. The van der Waals surface area contributed by atoms with Gasteiger partial charge < -0.3 is 20.5 Å². The molecule has 0 aromatic rings. The molecule has 1 saturated heterocycles. The molecule has 0 atom stereocenters. The summed E-state index contributed by atoms with van der Waals surface area (Å²) >= 11 is 0. The molecule has 1 saturated carbocycles. The summed E-state index contributed by atoms with van der Waals surface area (Å²) in [4.78, 5) is 2.58. The van der Waals surface area contributed by atoms with Crippen molar-refractivity contribution in [2.24, 2.45) is 17.1 Å². The second kappa shape index (κ2) is 7.74. The first-order valence-corrected chi connectivity index (χ1v) is 8.32. The monoisotopic (exact) mass is 284 g/mol. The Labute approximate surface area is 123 Å². The number of nitrogens with two attached hydrogens (primary N) is 1. The van der Waals surface area contributed by atoms with Crippen molar-refractivity contribution in [3.8, 4) is 0 Å². The molecule has 20 heavy (non-hydrogen) atoms. The lowest BCUT2D eigenvalue weighted by molar-refractivity contribution is -0.0180. The van der Waals surface area contributed by atoms with Crippen LogP contribution in [-0.2, 0) is 4.74 Å². The van der Waals surface area contributed by atoms with Crippen LogP contribution in [0.5, 0.6) is 0 Å². The molecule has 4 heteroatoms. The summed E-state index contributed by atoms with van der Waals surface area (Å²) in [5.41, 5.74) is 6.48. The van der Waals surface area contributed by atoms with Crippen LogP contribution in [0.2, 0.25) is 0 Å². The Bertz CT molecular complexity index is 270. The summed E-state index contributed by atoms with van der Waals surface area (Å²) in [6, 6.07) is 0. The maximum Gasteiger partial charge on any atom is 0.0701 e. The average molecular weight is 284 g/mol. The summed E-state index contributed by atoms with van der Waals surface area (Å²) in [5, 5.41) is 8.80. The zero-order chi connectivity index (χ0) is 14.4. The third kappa shape index (κ3) is 4.42. The molecule has 0 amide bonds. The van der Waals surface area contributed by atoms with Gasteiger partial charge in [-0.1, -0.05) is 19.8 Å². The first kappa shape index (κ1) is 16.2. The topological polar surface area (TPSA) is 58.7 Å². The highest BCUT2D eigenvalue weighted by Crippen LogP contribution is 2.39. The molecule has 4 nitrogen and oxygen atoms in total. The Balaban J connectivity index is 1.76. The molecular formula is C16H32N2O2. The Morgan fingerprint density at radius 1 is 1.20 bits per heavy atom. The minimum Gasteiger partial charge on any atom is -0.394 e. The van der Waals surface area contributed by atoms with Crippen LogP contribution < -0.4 is 5.73 Å². The normalized spacial score (nSPS) is 33.5. The van der Waals surface area contributed by atoms with E-state index in [0.717, 1.165) is 38.4 Å². The van der Waals surface area contributed by atoms with E-state index in [1.807, 2.05) is 0 Å². The molecule has 0 aromatic heterocycles. The van der Waals surface area contributed by atoms with Crippen LogP contribution in [0.3, 0.4) is 0 Å². The predicted octanol–water partition coefficient (Wildman–Crippen LogP) is 1.61. The smallest absolute Gasteiger partial charge is 0.0701 e. The molecule has 0 aromatic carbocycles. The maximum atomic E-state index is 8.80. The van der Waals surface area contributed by atoms with E-state index in [1.165, 1.54) is 32.2 Å². The average Bonchev–Trinajstić information content (AvgIpc) is 2.49. The zero-order valence-corrected chi connectivity index (χ0v) is 13.0. The predicted molar refractivity (Wildman–Crippen MR) is 81.6 cm³/mol. The van der Waals surface area contributed by atoms with E-state index in [1.54, 1.807) is 0 Å². The number of rotatable bonds is 6. The van der Waals surface area contributed by atoms with Gasteiger partial charge >= 0.3 is 0 Å². The quantitative estimate of drug-likeness (QED) is 0.778. The Morgan fingerprint density at radius 3 is 2.40 bits per heavy atom. The number of piperidine rings is 1. The molecule has 1 aliphatic carbocycles.